The van der Waals surface area contributed by atoms with Gasteiger partial charge in [-0.25, -0.2) is 0 Å². The Morgan fingerprint density at radius 1 is 1.05 bits per heavy atom. The first-order valence-electron chi connectivity index (χ1n) is 7.32. The summed E-state index contributed by atoms with van der Waals surface area (Å²) in [4.78, 5) is 13.8. The molecule has 2 aromatic carbocycles. The lowest BCUT2D eigenvalue weighted by Crippen LogP contribution is -2.32. The smallest absolute Gasteiger partial charge is 0.325 e. The fourth-order valence-corrected chi connectivity index (χ4v) is 3.16. The van der Waals surface area contributed by atoms with Crippen LogP contribution in [0.1, 0.15) is 29.5 Å². The van der Waals surface area contributed by atoms with E-state index in [-0.39, 0.29) is 0 Å². The molecule has 0 amide bonds. The number of hydrogen-bond donors (Lipinski definition) is 1. The zero-order valence-electron chi connectivity index (χ0n) is 11.9. The summed E-state index contributed by atoms with van der Waals surface area (Å²) < 4.78 is 0. The Balaban J connectivity index is 1.79. The molecule has 1 heterocycles. The maximum Gasteiger partial charge on any atom is 0.325 e. The molecule has 2 aromatic rings. The van der Waals surface area contributed by atoms with Crippen LogP contribution in [0.4, 0.5) is 0 Å². The van der Waals surface area contributed by atoms with Crippen molar-refractivity contribution in [2.24, 2.45) is 0 Å². The Morgan fingerprint density at radius 3 is 2.29 bits per heavy atom. The molecule has 0 aliphatic carbocycles. The van der Waals surface area contributed by atoms with Gasteiger partial charge < -0.3 is 5.11 Å². The molecule has 0 radical (unpaired) electrons. The van der Waals surface area contributed by atoms with Gasteiger partial charge in [-0.3, -0.25) is 9.69 Å². The topological polar surface area (TPSA) is 40.5 Å². The Morgan fingerprint density at radius 2 is 1.67 bits per heavy atom. The lowest BCUT2D eigenvalue weighted by atomic mass is 9.98. The van der Waals surface area contributed by atoms with Crippen molar-refractivity contribution in [3.8, 4) is 0 Å². The second-order valence-electron chi connectivity index (χ2n) is 5.54. The van der Waals surface area contributed by atoms with Gasteiger partial charge in [-0.05, 0) is 30.0 Å². The molecule has 108 valence electrons. The highest BCUT2D eigenvalue weighted by Gasteiger charge is 2.33. The highest BCUT2D eigenvalue weighted by molar-refractivity contribution is 5.75. The largest absolute Gasteiger partial charge is 0.480 e. The first kappa shape index (κ1) is 13.8. The number of benzene rings is 2. The second kappa shape index (κ2) is 6.10. The molecule has 2 atom stereocenters. The van der Waals surface area contributed by atoms with E-state index in [0.717, 1.165) is 25.1 Å². The third kappa shape index (κ3) is 2.98. The van der Waals surface area contributed by atoms with Gasteiger partial charge in [-0.2, -0.15) is 0 Å². The number of rotatable bonds is 4. The monoisotopic (exact) mass is 281 g/mol. The van der Waals surface area contributed by atoms with E-state index in [9.17, 15) is 9.90 Å². The number of nitrogens with zero attached hydrogens (tertiary/aromatic N) is 1. The molecule has 1 N–H and O–H groups in total. The Kier molecular flexibility index (Phi) is 4.02. The van der Waals surface area contributed by atoms with Crippen molar-refractivity contribution in [1.82, 2.24) is 4.90 Å². The molecule has 0 bridgehead atoms. The summed E-state index contributed by atoms with van der Waals surface area (Å²) in [7, 11) is 0. The summed E-state index contributed by atoms with van der Waals surface area (Å²) >= 11 is 0. The van der Waals surface area contributed by atoms with E-state index in [4.69, 9.17) is 0 Å². The lowest BCUT2D eigenvalue weighted by molar-refractivity contribution is -0.143. The van der Waals surface area contributed by atoms with E-state index in [1.807, 2.05) is 48.5 Å². The number of aliphatic carboxylic acids is 1. The van der Waals surface area contributed by atoms with Gasteiger partial charge in [0.15, 0.2) is 0 Å². The van der Waals surface area contributed by atoms with E-state index in [2.05, 4.69) is 17.0 Å². The van der Waals surface area contributed by atoms with Crippen LogP contribution in [0.15, 0.2) is 60.7 Å². The highest BCUT2D eigenvalue weighted by Crippen LogP contribution is 2.33. The summed E-state index contributed by atoms with van der Waals surface area (Å²) in [5.74, 6) is -0.341. The van der Waals surface area contributed by atoms with Gasteiger partial charge in [0.1, 0.15) is 6.04 Å². The first-order chi connectivity index (χ1) is 10.3. The molecular weight excluding hydrogens is 262 g/mol. The molecule has 3 heteroatoms. The zero-order valence-corrected chi connectivity index (χ0v) is 11.9. The maximum absolute atomic E-state index is 11.7. The fourth-order valence-electron chi connectivity index (χ4n) is 3.16. The minimum atomic E-state index is -0.769. The average molecular weight is 281 g/mol. The van der Waals surface area contributed by atoms with E-state index in [1.54, 1.807) is 0 Å². The third-order valence-corrected chi connectivity index (χ3v) is 4.21. The van der Waals surface area contributed by atoms with Crippen LogP contribution in [0, 0.1) is 0 Å². The minimum Gasteiger partial charge on any atom is -0.480 e. The summed E-state index contributed by atoms with van der Waals surface area (Å²) in [6.45, 7) is 1.63. The van der Waals surface area contributed by atoms with Crippen molar-refractivity contribution in [1.29, 1.82) is 0 Å². The summed E-state index contributed by atoms with van der Waals surface area (Å²) in [6.07, 6.45) is 1.01. The van der Waals surface area contributed by atoms with Crippen molar-refractivity contribution < 1.29 is 9.90 Å². The van der Waals surface area contributed by atoms with E-state index >= 15 is 0 Å². The second-order valence-corrected chi connectivity index (χ2v) is 5.54. The van der Waals surface area contributed by atoms with Crippen LogP contribution in [-0.2, 0) is 4.79 Å². The molecule has 21 heavy (non-hydrogen) atoms. The van der Waals surface area contributed by atoms with E-state index < -0.39 is 12.0 Å². The van der Waals surface area contributed by atoms with Crippen LogP contribution < -0.4 is 0 Å². The van der Waals surface area contributed by atoms with Gasteiger partial charge in [0.25, 0.3) is 0 Å². The Hall–Kier alpha value is -2.13. The zero-order chi connectivity index (χ0) is 14.7. The molecule has 1 fully saturated rings. The molecule has 1 aliphatic heterocycles. The molecule has 1 aliphatic rings. The number of carbonyl (C=O) groups is 1. The van der Waals surface area contributed by atoms with Crippen molar-refractivity contribution >= 4 is 5.97 Å². The van der Waals surface area contributed by atoms with Crippen LogP contribution in [0.5, 0.6) is 0 Å². The number of carboxylic acid groups (broad SMARTS) is 1. The summed E-state index contributed by atoms with van der Waals surface area (Å²) in [5, 5.41) is 9.60. The molecule has 3 rings (SSSR count). The van der Waals surface area contributed by atoms with Crippen LogP contribution in [0.3, 0.4) is 0 Å². The van der Waals surface area contributed by atoms with Gasteiger partial charge in [0.05, 0.1) is 0 Å². The van der Waals surface area contributed by atoms with E-state index in [0.29, 0.717) is 5.92 Å². The van der Waals surface area contributed by atoms with Crippen molar-refractivity contribution in [3.63, 3.8) is 0 Å². The minimum absolute atomic E-state index is 0.428. The number of carboxylic acids is 1. The van der Waals surface area contributed by atoms with Crippen LogP contribution in [0.25, 0.3) is 0 Å². The molecule has 1 saturated heterocycles. The van der Waals surface area contributed by atoms with Crippen LogP contribution >= 0.6 is 0 Å². The quantitative estimate of drug-likeness (QED) is 0.934. The van der Waals surface area contributed by atoms with Crippen molar-refractivity contribution in [2.75, 3.05) is 13.1 Å². The normalized spacial score (nSPS) is 20.3. The predicted octanol–water partition coefficient (Wildman–Crippen LogP) is 3.30. The predicted molar refractivity (Wildman–Crippen MR) is 82.2 cm³/mol. The lowest BCUT2D eigenvalue weighted by Gasteiger charge is -2.24. The Bertz CT molecular complexity index is 597. The fraction of sp³-hybridized carbons (Fsp3) is 0.278. The highest BCUT2D eigenvalue weighted by atomic mass is 16.4. The maximum atomic E-state index is 11.7. The van der Waals surface area contributed by atoms with Gasteiger partial charge in [0, 0.05) is 6.54 Å². The standard InChI is InChI=1S/C18H19NO2/c20-18(21)17(15-9-5-2-6-10-15)19-12-11-16(13-19)14-7-3-1-4-8-14/h1-10,16-17H,11-13H2,(H,20,21)/t16-,17-/m1/s1. The molecule has 0 saturated carbocycles. The van der Waals surface area contributed by atoms with Crippen LogP contribution in [0.2, 0.25) is 0 Å². The SMILES string of the molecule is O=C(O)[C@@H](c1ccccc1)N1CC[C@@H](c2ccccc2)C1. The van der Waals surface area contributed by atoms with Crippen molar-refractivity contribution in [2.45, 2.75) is 18.4 Å². The molecule has 0 aromatic heterocycles. The van der Waals surface area contributed by atoms with Crippen molar-refractivity contribution in [3.05, 3.63) is 71.8 Å². The number of hydrogen-bond acceptors (Lipinski definition) is 2. The molecule has 0 unspecified atom stereocenters. The first-order valence-corrected chi connectivity index (χ1v) is 7.32. The average Bonchev–Trinajstić information content (AvgIpc) is 2.98. The Labute approximate surface area is 124 Å². The molecule has 0 spiro atoms. The van der Waals surface area contributed by atoms with E-state index in [1.165, 1.54) is 5.56 Å². The van der Waals surface area contributed by atoms with Gasteiger partial charge in [-0.1, -0.05) is 60.7 Å². The summed E-state index contributed by atoms with van der Waals surface area (Å²) in [5.41, 5.74) is 2.16. The van der Waals surface area contributed by atoms with Gasteiger partial charge >= 0.3 is 5.97 Å². The van der Waals surface area contributed by atoms with Crippen LogP contribution in [-0.4, -0.2) is 29.1 Å². The molecule has 3 nitrogen and oxygen atoms in total. The number of likely N-dealkylation sites (tertiary alicyclic amines) is 1. The van der Waals surface area contributed by atoms with Gasteiger partial charge in [-0.15, -0.1) is 0 Å². The van der Waals surface area contributed by atoms with Gasteiger partial charge in [0.2, 0.25) is 0 Å². The summed E-state index contributed by atoms with van der Waals surface area (Å²) in [6, 6.07) is 19.3. The molecular formula is C18H19NO2. The third-order valence-electron chi connectivity index (χ3n) is 4.21.